The zero-order valence-corrected chi connectivity index (χ0v) is 16.4. The highest BCUT2D eigenvalue weighted by molar-refractivity contribution is 8.00. The number of anilines is 1. The van der Waals surface area contributed by atoms with E-state index in [9.17, 15) is 4.79 Å². The Hall–Kier alpha value is -3.00. The van der Waals surface area contributed by atoms with Crippen LogP contribution in [0.1, 0.15) is 24.4 Å². The van der Waals surface area contributed by atoms with Crippen LogP contribution in [0.15, 0.2) is 59.8 Å². The van der Waals surface area contributed by atoms with Gasteiger partial charge in [-0.1, -0.05) is 42.1 Å². The zero-order valence-electron chi connectivity index (χ0n) is 15.6. The van der Waals surface area contributed by atoms with Crippen LogP contribution in [-0.2, 0) is 4.79 Å². The number of nitrogens with one attached hydrogen (secondary N) is 2. The second-order valence-corrected chi connectivity index (χ2v) is 7.48. The van der Waals surface area contributed by atoms with Gasteiger partial charge < -0.3 is 15.5 Å². The molecule has 0 saturated carbocycles. The molecule has 3 aromatic rings. The van der Waals surface area contributed by atoms with E-state index in [4.69, 9.17) is 4.74 Å². The number of amides is 1. The predicted molar refractivity (Wildman–Crippen MR) is 109 cm³/mol. The van der Waals surface area contributed by atoms with Gasteiger partial charge in [-0.2, -0.15) is 0 Å². The van der Waals surface area contributed by atoms with Gasteiger partial charge in [0.15, 0.2) is 0 Å². The van der Waals surface area contributed by atoms with E-state index in [1.54, 1.807) is 0 Å². The summed E-state index contributed by atoms with van der Waals surface area (Å²) in [5.74, 6) is 1.47. The van der Waals surface area contributed by atoms with Crippen molar-refractivity contribution in [3.8, 4) is 5.75 Å². The largest absolute Gasteiger partial charge is 0.494 e. The Kier molecular flexibility index (Phi) is 5.21. The molecule has 0 unspecified atom stereocenters. The minimum absolute atomic E-state index is 0.0884. The van der Waals surface area contributed by atoms with Crippen molar-refractivity contribution >= 4 is 23.4 Å². The highest BCUT2D eigenvalue weighted by Gasteiger charge is 2.37. The number of hydrogen-bond acceptors (Lipinski definition) is 6. The summed E-state index contributed by atoms with van der Waals surface area (Å²) in [4.78, 5) is 13.1. The molecule has 2 aromatic carbocycles. The summed E-state index contributed by atoms with van der Waals surface area (Å²) >= 11 is 1.41. The Morgan fingerprint density at radius 1 is 1.18 bits per heavy atom. The molecule has 0 fully saturated rings. The highest BCUT2D eigenvalue weighted by Crippen LogP contribution is 2.37. The molecule has 144 valence electrons. The van der Waals surface area contributed by atoms with Crippen LogP contribution in [0, 0.1) is 6.92 Å². The van der Waals surface area contributed by atoms with E-state index in [-0.39, 0.29) is 11.9 Å². The molecule has 0 aliphatic carbocycles. The van der Waals surface area contributed by atoms with Crippen molar-refractivity contribution in [2.45, 2.75) is 30.3 Å². The van der Waals surface area contributed by atoms with Crippen molar-refractivity contribution in [2.24, 2.45) is 0 Å². The molecule has 1 aliphatic rings. The van der Waals surface area contributed by atoms with Crippen molar-refractivity contribution in [1.29, 1.82) is 0 Å². The van der Waals surface area contributed by atoms with Crippen LogP contribution < -0.4 is 15.5 Å². The molecule has 0 spiro atoms. The number of fused-ring (bicyclic) bond motifs is 1. The third kappa shape index (κ3) is 3.68. The molecule has 4 rings (SSSR count). The first-order valence-electron chi connectivity index (χ1n) is 9.09. The molecule has 0 radical (unpaired) electrons. The third-order valence-electron chi connectivity index (χ3n) is 4.45. The number of ether oxygens (including phenoxy) is 1. The first-order valence-corrected chi connectivity index (χ1v) is 9.97. The first kappa shape index (κ1) is 18.4. The van der Waals surface area contributed by atoms with Gasteiger partial charge in [-0.05, 0) is 43.7 Å². The molecule has 1 aromatic heterocycles. The maximum Gasteiger partial charge on any atom is 0.240 e. The molecule has 1 aliphatic heterocycles. The van der Waals surface area contributed by atoms with Gasteiger partial charge in [-0.3, -0.25) is 4.79 Å². The van der Waals surface area contributed by atoms with E-state index in [1.165, 1.54) is 11.8 Å². The van der Waals surface area contributed by atoms with Crippen LogP contribution in [0.3, 0.4) is 0 Å². The second-order valence-electron chi connectivity index (χ2n) is 6.37. The van der Waals surface area contributed by atoms with E-state index in [0.717, 1.165) is 22.8 Å². The van der Waals surface area contributed by atoms with E-state index in [2.05, 4.69) is 20.9 Å². The molecule has 0 saturated heterocycles. The number of carbonyl (C=O) groups is 1. The van der Waals surface area contributed by atoms with Crippen LogP contribution in [0.5, 0.6) is 5.75 Å². The Morgan fingerprint density at radius 3 is 2.64 bits per heavy atom. The van der Waals surface area contributed by atoms with Gasteiger partial charge in [0.2, 0.25) is 11.1 Å². The van der Waals surface area contributed by atoms with Crippen LogP contribution in [-0.4, -0.2) is 32.6 Å². The van der Waals surface area contributed by atoms with E-state index >= 15 is 0 Å². The standard InChI is InChI=1S/C20H21N5O2S/c1-3-27-16-11-9-14(10-12-16)17-18(19(26)21-15-7-5-4-6-8-15)28-20-23-22-13(2)25(20)24-17/h4-12,17-18,24H,3H2,1-2H3,(H,21,26)/t17-,18-/m1/s1. The fourth-order valence-corrected chi connectivity index (χ4v) is 4.21. The summed E-state index contributed by atoms with van der Waals surface area (Å²) in [6.45, 7) is 4.44. The van der Waals surface area contributed by atoms with Gasteiger partial charge in [-0.25, -0.2) is 4.68 Å². The van der Waals surface area contributed by atoms with Crippen molar-refractivity contribution in [3.63, 3.8) is 0 Å². The number of carbonyl (C=O) groups excluding carboxylic acids is 1. The number of thioether (sulfide) groups is 1. The average molecular weight is 395 g/mol. The monoisotopic (exact) mass is 395 g/mol. The van der Waals surface area contributed by atoms with Gasteiger partial charge in [0, 0.05) is 5.69 Å². The number of hydrogen-bond donors (Lipinski definition) is 2. The fourth-order valence-electron chi connectivity index (χ4n) is 3.08. The smallest absolute Gasteiger partial charge is 0.240 e. The number of aromatic nitrogens is 3. The van der Waals surface area contributed by atoms with Crippen molar-refractivity contribution in [3.05, 3.63) is 66.0 Å². The molecular weight excluding hydrogens is 374 g/mol. The van der Waals surface area contributed by atoms with Gasteiger partial charge in [0.25, 0.3) is 0 Å². The van der Waals surface area contributed by atoms with Crippen LogP contribution in [0.4, 0.5) is 5.69 Å². The fraction of sp³-hybridized carbons (Fsp3) is 0.250. The lowest BCUT2D eigenvalue weighted by Crippen LogP contribution is -2.41. The molecule has 1 amide bonds. The van der Waals surface area contributed by atoms with Gasteiger partial charge >= 0.3 is 0 Å². The first-order chi connectivity index (χ1) is 13.7. The normalized spacial score (nSPS) is 18.1. The Morgan fingerprint density at radius 2 is 1.93 bits per heavy atom. The highest BCUT2D eigenvalue weighted by atomic mass is 32.2. The molecule has 2 heterocycles. The SMILES string of the molecule is CCOc1ccc([C@H]2Nn3c(C)nnc3S[C@H]2C(=O)Nc2ccccc2)cc1. The molecule has 7 nitrogen and oxygen atoms in total. The molecule has 28 heavy (non-hydrogen) atoms. The summed E-state index contributed by atoms with van der Waals surface area (Å²) in [6.07, 6.45) is 0. The maximum absolute atomic E-state index is 13.1. The summed E-state index contributed by atoms with van der Waals surface area (Å²) in [6, 6.07) is 17.0. The number of aryl methyl sites for hydroxylation is 1. The van der Waals surface area contributed by atoms with Gasteiger partial charge in [0.1, 0.15) is 16.8 Å². The minimum atomic E-state index is -0.408. The topological polar surface area (TPSA) is 81.1 Å². The lowest BCUT2D eigenvalue weighted by atomic mass is 10.0. The maximum atomic E-state index is 13.1. The molecule has 8 heteroatoms. The van der Waals surface area contributed by atoms with Crippen molar-refractivity contribution in [2.75, 3.05) is 17.3 Å². The summed E-state index contributed by atoms with van der Waals surface area (Å²) in [7, 11) is 0. The molecule has 0 bridgehead atoms. The van der Waals surface area contributed by atoms with E-state index in [1.807, 2.05) is 73.1 Å². The van der Waals surface area contributed by atoms with E-state index < -0.39 is 5.25 Å². The summed E-state index contributed by atoms with van der Waals surface area (Å²) in [5, 5.41) is 11.6. The van der Waals surface area contributed by atoms with E-state index in [0.29, 0.717) is 11.8 Å². The number of nitrogens with zero attached hydrogens (tertiary/aromatic N) is 3. The lowest BCUT2D eigenvalue weighted by molar-refractivity contribution is -0.116. The summed E-state index contributed by atoms with van der Waals surface area (Å²) < 4.78 is 7.37. The summed E-state index contributed by atoms with van der Waals surface area (Å²) in [5.41, 5.74) is 5.15. The number of rotatable bonds is 5. The van der Waals surface area contributed by atoms with Gasteiger partial charge in [-0.15, -0.1) is 10.2 Å². The van der Waals surface area contributed by atoms with Gasteiger partial charge in [0.05, 0.1) is 12.6 Å². The predicted octanol–water partition coefficient (Wildman–Crippen LogP) is 3.38. The lowest BCUT2D eigenvalue weighted by Gasteiger charge is -2.32. The zero-order chi connectivity index (χ0) is 19.5. The second kappa shape index (κ2) is 7.93. The Bertz CT molecular complexity index is 958. The van der Waals surface area contributed by atoms with Crippen LogP contribution in [0.25, 0.3) is 0 Å². The molecule has 2 N–H and O–H groups in total. The average Bonchev–Trinajstić information content (AvgIpc) is 3.09. The molecule has 2 atom stereocenters. The minimum Gasteiger partial charge on any atom is -0.494 e. The Labute approximate surface area is 167 Å². The quantitative estimate of drug-likeness (QED) is 0.689. The molecular formula is C20H21N5O2S. The van der Waals surface area contributed by atoms with Crippen LogP contribution >= 0.6 is 11.8 Å². The number of benzene rings is 2. The van der Waals surface area contributed by atoms with Crippen molar-refractivity contribution < 1.29 is 9.53 Å². The number of para-hydroxylation sites is 1. The third-order valence-corrected chi connectivity index (χ3v) is 5.66. The Balaban J connectivity index is 1.64. The van der Waals surface area contributed by atoms with Crippen molar-refractivity contribution in [1.82, 2.24) is 14.9 Å². The van der Waals surface area contributed by atoms with Crippen LogP contribution in [0.2, 0.25) is 0 Å².